The van der Waals surface area contributed by atoms with Crippen molar-refractivity contribution in [1.82, 2.24) is 4.98 Å². The van der Waals surface area contributed by atoms with Gasteiger partial charge in [0, 0.05) is 6.20 Å². The summed E-state index contributed by atoms with van der Waals surface area (Å²) >= 11 is 0.466. The average Bonchev–Trinajstić information content (AvgIpc) is 2.86. The molecular formula is C15H16F3NOS. The molecule has 1 aromatic carbocycles. The summed E-state index contributed by atoms with van der Waals surface area (Å²) in [5.41, 5.74) is 1.64. The molecule has 0 amide bonds. The number of aliphatic hydroxyl groups is 1. The van der Waals surface area contributed by atoms with E-state index in [1.807, 2.05) is 12.1 Å². The van der Waals surface area contributed by atoms with E-state index in [0.29, 0.717) is 16.9 Å². The third-order valence-corrected chi connectivity index (χ3v) is 4.22. The molecule has 1 N–H and O–H groups in total. The molecule has 1 aromatic heterocycles. The lowest BCUT2D eigenvalue weighted by Gasteiger charge is -2.19. The SMILES string of the molecule is CC(C)(C)c1ccc(C(O)c2cnc(C(F)(F)F)s2)cc1. The van der Waals surface area contributed by atoms with Crippen molar-refractivity contribution in [1.29, 1.82) is 0 Å². The smallest absolute Gasteiger partial charge is 0.383 e. The molecular weight excluding hydrogens is 299 g/mol. The van der Waals surface area contributed by atoms with Gasteiger partial charge in [0.2, 0.25) is 0 Å². The van der Waals surface area contributed by atoms with Crippen LogP contribution < -0.4 is 0 Å². The molecule has 0 aliphatic heterocycles. The third-order valence-electron chi connectivity index (χ3n) is 3.13. The van der Waals surface area contributed by atoms with Crippen LogP contribution in [0.2, 0.25) is 0 Å². The Bertz CT molecular complexity index is 611. The number of benzene rings is 1. The molecule has 0 aliphatic rings. The van der Waals surface area contributed by atoms with Crippen LogP contribution in [0.25, 0.3) is 0 Å². The molecule has 114 valence electrons. The molecule has 1 heterocycles. The largest absolute Gasteiger partial charge is 0.443 e. The minimum absolute atomic E-state index is 0.0164. The number of aromatic nitrogens is 1. The maximum Gasteiger partial charge on any atom is 0.443 e. The van der Waals surface area contributed by atoms with E-state index in [-0.39, 0.29) is 10.3 Å². The van der Waals surface area contributed by atoms with Crippen LogP contribution in [0.4, 0.5) is 13.2 Å². The second kappa shape index (κ2) is 5.42. The second-order valence-electron chi connectivity index (χ2n) is 5.84. The number of alkyl halides is 3. The molecule has 0 radical (unpaired) electrons. The predicted octanol–water partition coefficient (Wildman–Crippen LogP) is 4.54. The zero-order valence-electron chi connectivity index (χ0n) is 11.9. The zero-order chi connectivity index (χ0) is 15.8. The summed E-state index contributed by atoms with van der Waals surface area (Å²) in [5.74, 6) is 0. The summed E-state index contributed by atoms with van der Waals surface area (Å²) in [6.45, 7) is 6.20. The molecule has 2 aromatic rings. The van der Waals surface area contributed by atoms with Crippen LogP contribution in [-0.2, 0) is 11.6 Å². The summed E-state index contributed by atoms with van der Waals surface area (Å²) in [6, 6.07) is 7.23. The molecule has 0 saturated heterocycles. The van der Waals surface area contributed by atoms with Gasteiger partial charge in [-0.2, -0.15) is 13.2 Å². The van der Waals surface area contributed by atoms with Crippen LogP contribution >= 0.6 is 11.3 Å². The maximum absolute atomic E-state index is 12.5. The van der Waals surface area contributed by atoms with Gasteiger partial charge in [0.05, 0.1) is 4.88 Å². The van der Waals surface area contributed by atoms with Gasteiger partial charge in [-0.05, 0) is 16.5 Å². The molecule has 2 nitrogen and oxygen atoms in total. The monoisotopic (exact) mass is 315 g/mol. The molecule has 6 heteroatoms. The van der Waals surface area contributed by atoms with E-state index in [9.17, 15) is 18.3 Å². The van der Waals surface area contributed by atoms with E-state index in [2.05, 4.69) is 25.8 Å². The molecule has 0 bridgehead atoms. The minimum atomic E-state index is -4.47. The van der Waals surface area contributed by atoms with Crippen molar-refractivity contribution in [3.8, 4) is 0 Å². The van der Waals surface area contributed by atoms with Gasteiger partial charge in [0.25, 0.3) is 0 Å². The van der Waals surface area contributed by atoms with Crippen molar-refractivity contribution in [2.75, 3.05) is 0 Å². The molecule has 0 aliphatic carbocycles. The lowest BCUT2D eigenvalue weighted by atomic mass is 9.86. The Balaban J connectivity index is 2.24. The lowest BCUT2D eigenvalue weighted by Crippen LogP contribution is -2.11. The molecule has 0 saturated carbocycles. The highest BCUT2D eigenvalue weighted by molar-refractivity contribution is 7.11. The first-order valence-corrected chi connectivity index (χ1v) is 7.22. The van der Waals surface area contributed by atoms with E-state index >= 15 is 0 Å². The number of aliphatic hydroxyl groups excluding tert-OH is 1. The standard InChI is InChI=1S/C15H16F3NOS/c1-14(2,3)10-6-4-9(5-7-10)12(20)11-8-19-13(21-11)15(16,17)18/h4-8,12,20H,1-3H3. The molecule has 2 rings (SSSR count). The van der Waals surface area contributed by atoms with Gasteiger partial charge >= 0.3 is 6.18 Å². The summed E-state index contributed by atoms with van der Waals surface area (Å²) < 4.78 is 37.6. The molecule has 0 spiro atoms. The van der Waals surface area contributed by atoms with Crippen LogP contribution in [0.1, 0.15) is 47.9 Å². The maximum atomic E-state index is 12.5. The van der Waals surface area contributed by atoms with E-state index in [4.69, 9.17) is 0 Å². The number of hydrogen-bond donors (Lipinski definition) is 1. The summed E-state index contributed by atoms with van der Waals surface area (Å²) in [5, 5.41) is 9.23. The topological polar surface area (TPSA) is 33.1 Å². The minimum Gasteiger partial charge on any atom is -0.383 e. The summed E-state index contributed by atoms with van der Waals surface area (Å²) in [4.78, 5) is 3.51. The number of hydrogen-bond acceptors (Lipinski definition) is 3. The van der Waals surface area contributed by atoms with E-state index in [0.717, 1.165) is 11.8 Å². The van der Waals surface area contributed by atoms with Crippen LogP contribution in [0.5, 0.6) is 0 Å². The van der Waals surface area contributed by atoms with E-state index in [1.165, 1.54) is 0 Å². The molecule has 21 heavy (non-hydrogen) atoms. The lowest BCUT2D eigenvalue weighted by molar-refractivity contribution is -0.137. The highest BCUT2D eigenvalue weighted by Crippen LogP contribution is 2.36. The van der Waals surface area contributed by atoms with Crippen molar-refractivity contribution in [3.63, 3.8) is 0 Å². The van der Waals surface area contributed by atoms with Gasteiger partial charge in [0.1, 0.15) is 6.10 Å². The van der Waals surface area contributed by atoms with Crippen molar-refractivity contribution in [2.24, 2.45) is 0 Å². The summed E-state index contributed by atoms with van der Waals surface area (Å²) in [7, 11) is 0. The van der Waals surface area contributed by atoms with Crippen molar-refractivity contribution in [3.05, 3.63) is 51.5 Å². The normalized spacial score (nSPS) is 14.2. The van der Waals surface area contributed by atoms with Crippen molar-refractivity contribution < 1.29 is 18.3 Å². The fourth-order valence-electron chi connectivity index (χ4n) is 1.87. The Morgan fingerprint density at radius 3 is 2.10 bits per heavy atom. The fourth-order valence-corrected chi connectivity index (χ4v) is 2.67. The number of nitrogens with zero attached hydrogens (tertiary/aromatic N) is 1. The summed E-state index contributed by atoms with van der Waals surface area (Å²) in [6.07, 6.45) is -4.48. The predicted molar refractivity (Wildman–Crippen MR) is 76.3 cm³/mol. The molecule has 1 unspecified atom stereocenters. The third kappa shape index (κ3) is 3.63. The molecule has 0 fully saturated rings. The Hall–Kier alpha value is -1.40. The van der Waals surface area contributed by atoms with Crippen molar-refractivity contribution >= 4 is 11.3 Å². The van der Waals surface area contributed by atoms with Crippen molar-refractivity contribution in [2.45, 2.75) is 38.5 Å². The first-order valence-electron chi connectivity index (χ1n) is 6.40. The van der Waals surface area contributed by atoms with Gasteiger partial charge in [-0.1, -0.05) is 45.0 Å². The van der Waals surface area contributed by atoms with Gasteiger partial charge in [-0.15, -0.1) is 11.3 Å². The van der Waals surface area contributed by atoms with Crippen LogP contribution in [0.15, 0.2) is 30.5 Å². The van der Waals surface area contributed by atoms with Gasteiger partial charge in [-0.3, -0.25) is 0 Å². The van der Waals surface area contributed by atoms with Gasteiger partial charge in [-0.25, -0.2) is 4.98 Å². The molecule has 1 atom stereocenters. The Kier molecular flexibility index (Phi) is 4.13. The van der Waals surface area contributed by atoms with Crippen LogP contribution in [0.3, 0.4) is 0 Å². The Labute approximate surface area is 125 Å². The van der Waals surface area contributed by atoms with Gasteiger partial charge in [0.15, 0.2) is 5.01 Å². The highest BCUT2D eigenvalue weighted by atomic mass is 32.1. The van der Waals surface area contributed by atoms with Crippen LogP contribution in [0, 0.1) is 0 Å². The number of halogens is 3. The number of thiazole rings is 1. The van der Waals surface area contributed by atoms with E-state index in [1.54, 1.807) is 12.1 Å². The quantitative estimate of drug-likeness (QED) is 0.882. The first-order chi connectivity index (χ1) is 9.59. The van der Waals surface area contributed by atoms with E-state index < -0.39 is 17.3 Å². The fraction of sp³-hybridized carbons (Fsp3) is 0.400. The average molecular weight is 315 g/mol. The van der Waals surface area contributed by atoms with Crippen LogP contribution in [-0.4, -0.2) is 10.1 Å². The zero-order valence-corrected chi connectivity index (χ0v) is 12.7. The Morgan fingerprint density at radius 1 is 1.10 bits per heavy atom. The number of rotatable bonds is 2. The first kappa shape index (κ1) is 16.0. The second-order valence-corrected chi connectivity index (χ2v) is 6.90. The highest BCUT2D eigenvalue weighted by Gasteiger charge is 2.35. The van der Waals surface area contributed by atoms with Gasteiger partial charge < -0.3 is 5.11 Å². The Morgan fingerprint density at radius 2 is 1.67 bits per heavy atom.